The van der Waals surface area contributed by atoms with E-state index < -0.39 is 0 Å². The lowest BCUT2D eigenvalue weighted by molar-refractivity contribution is 0.0943. The molecular weight excluding hydrogens is 292 g/mol. The normalized spacial score (nSPS) is 9.91. The Balaban J connectivity index is 2.01. The molecule has 0 bridgehead atoms. The molecule has 2 rings (SSSR count). The zero-order valence-electron chi connectivity index (χ0n) is 12.9. The standard InChI is InChI=1S/C17H18N4O2/c1-23-9-3-7-20-17(22)16-11-15(6-8-19-16)21-14-5-2-4-13(10-14)12-18/h2,4-6,8,10-11H,3,7,9H2,1H3,(H,19,21)(H,20,22). The largest absolute Gasteiger partial charge is 0.385 e. The number of anilines is 2. The number of pyridine rings is 1. The molecule has 0 atom stereocenters. The minimum Gasteiger partial charge on any atom is -0.385 e. The molecule has 6 nitrogen and oxygen atoms in total. The predicted octanol–water partition coefficient (Wildman–Crippen LogP) is 2.46. The van der Waals surface area contributed by atoms with Crippen LogP contribution in [0, 0.1) is 11.3 Å². The van der Waals surface area contributed by atoms with E-state index in [0.717, 1.165) is 17.8 Å². The fourth-order valence-corrected chi connectivity index (χ4v) is 1.97. The molecule has 23 heavy (non-hydrogen) atoms. The highest BCUT2D eigenvalue weighted by atomic mass is 16.5. The van der Waals surface area contributed by atoms with Gasteiger partial charge in [-0.3, -0.25) is 9.78 Å². The highest BCUT2D eigenvalue weighted by molar-refractivity contribution is 5.93. The van der Waals surface area contributed by atoms with Crippen LogP contribution >= 0.6 is 0 Å². The molecule has 1 heterocycles. The second kappa shape index (κ2) is 8.51. The molecule has 0 saturated heterocycles. The summed E-state index contributed by atoms with van der Waals surface area (Å²) in [6.07, 6.45) is 2.32. The van der Waals surface area contributed by atoms with E-state index in [1.54, 1.807) is 43.6 Å². The molecule has 1 aromatic carbocycles. The van der Waals surface area contributed by atoms with Crippen LogP contribution in [0.1, 0.15) is 22.5 Å². The maximum absolute atomic E-state index is 12.0. The first-order valence-corrected chi connectivity index (χ1v) is 7.23. The van der Waals surface area contributed by atoms with Gasteiger partial charge in [0.05, 0.1) is 11.6 Å². The van der Waals surface area contributed by atoms with Crippen molar-refractivity contribution in [3.8, 4) is 6.07 Å². The summed E-state index contributed by atoms with van der Waals surface area (Å²) in [5.74, 6) is -0.226. The number of nitriles is 1. The quantitative estimate of drug-likeness (QED) is 0.767. The Morgan fingerprint density at radius 1 is 1.30 bits per heavy atom. The Labute approximate surface area is 135 Å². The van der Waals surface area contributed by atoms with Crippen LogP contribution in [-0.2, 0) is 4.74 Å². The number of carbonyl (C=O) groups excluding carboxylic acids is 1. The molecule has 1 aromatic heterocycles. The van der Waals surface area contributed by atoms with Crippen LogP contribution in [0.3, 0.4) is 0 Å². The molecule has 1 amide bonds. The van der Waals surface area contributed by atoms with Crippen LogP contribution < -0.4 is 10.6 Å². The van der Waals surface area contributed by atoms with Crippen molar-refractivity contribution in [1.82, 2.24) is 10.3 Å². The topological polar surface area (TPSA) is 87.0 Å². The lowest BCUT2D eigenvalue weighted by atomic mass is 10.2. The molecule has 118 valence electrons. The van der Waals surface area contributed by atoms with Crippen LogP contribution in [0.2, 0.25) is 0 Å². The second-order valence-corrected chi connectivity index (χ2v) is 4.85. The van der Waals surface area contributed by atoms with Gasteiger partial charge >= 0.3 is 0 Å². The number of ether oxygens (including phenoxy) is 1. The highest BCUT2D eigenvalue weighted by Crippen LogP contribution is 2.17. The van der Waals surface area contributed by atoms with Crippen molar-refractivity contribution in [2.45, 2.75) is 6.42 Å². The van der Waals surface area contributed by atoms with E-state index in [2.05, 4.69) is 21.7 Å². The average molecular weight is 310 g/mol. The van der Waals surface area contributed by atoms with Crippen molar-refractivity contribution in [2.75, 3.05) is 25.6 Å². The molecule has 0 aliphatic heterocycles. The van der Waals surface area contributed by atoms with Gasteiger partial charge in [0.2, 0.25) is 0 Å². The Hall–Kier alpha value is -2.91. The Morgan fingerprint density at radius 2 is 2.13 bits per heavy atom. The van der Waals surface area contributed by atoms with Crippen molar-refractivity contribution < 1.29 is 9.53 Å². The average Bonchev–Trinajstić information content (AvgIpc) is 2.59. The number of amides is 1. The third-order valence-corrected chi connectivity index (χ3v) is 3.08. The highest BCUT2D eigenvalue weighted by Gasteiger charge is 2.07. The lowest BCUT2D eigenvalue weighted by Gasteiger charge is -2.08. The Morgan fingerprint density at radius 3 is 2.91 bits per heavy atom. The molecule has 2 aromatic rings. The summed E-state index contributed by atoms with van der Waals surface area (Å²) >= 11 is 0. The fraction of sp³-hybridized carbons (Fsp3) is 0.235. The number of aromatic nitrogens is 1. The van der Waals surface area contributed by atoms with Gasteiger partial charge in [-0.05, 0) is 36.8 Å². The number of hydrogen-bond donors (Lipinski definition) is 2. The summed E-state index contributed by atoms with van der Waals surface area (Å²) < 4.78 is 4.93. The van der Waals surface area contributed by atoms with Gasteiger partial charge in [0, 0.05) is 37.8 Å². The van der Waals surface area contributed by atoms with Gasteiger partial charge < -0.3 is 15.4 Å². The first kappa shape index (κ1) is 16.5. The van der Waals surface area contributed by atoms with E-state index in [-0.39, 0.29) is 5.91 Å². The molecule has 0 fully saturated rings. The molecule has 0 aliphatic rings. The smallest absolute Gasteiger partial charge is 0.269 e. The van der Waals surface area contributed by atoms with Gasteiger partial charge in [-0.15, -0.1) is 0 Å². The fourth-order valence-electron chi connectivity index (χ4n) is 1.97. The van der Waals surface area contributed by atoms with Crippen molar-refractivity contribution in [3.63, 3.8) is 0 Å². The summed E-state index contributed by atoms with van der Waals surface area (Å²) in [6.45, 7) is 1.14. The minimum atomic E-state index is -0.226. The third kappa shape index (κ3) is 5.09. The van der Waals surface area contributed by atoms with Crippen molar-refractivity contribution in [2.24, 2.45) is 0 Å². The monoisotopic (exact) mass is 310 g/mol. The first-order valence-electron chi connectivity index (χ1n) is 7.23. The van der Waals surface area contributed by atoms with Gasteiger partial charge in [0.15, 0.2) is 0 Å². The van der Waals surface area contributed by atoms with Crippen molar-refractivity contribution >= 4 is 17.3 Å². The van der Waals surface area contributed by atoms with Crippen LogP contribution in [0.4, 0.5) is 11.4 Å². The van der Waals surface area contributed by atoms with Crippen LogP contribution in [0.5, 0.6) is 0 Å². The number of methoxy groups -OCH3 is 1. The third-order valence-electron chi connectivity index (χ3n) is 3.08. The predicted molar refractivity (Wildman–Crippen MR) is 87.5 cm³/mol. The van der Waals surface area contributed by atoms with Gasteiger partial charge in [0.1, 0.15) is 5.69 Å². The Bertz CT molecular complexity index is 710. The zero-order valence-corrected chi connectivity index (χ0v) is 12.9. The SMILES string of the molecule is COCCCNC(=O)c1cc(Nc2cccc(C#N)c2)ccn1. The van der Waals surface area contributed by atoms with Gasteiger partial charge in [-0.25, -0.2) is 0 Å². The summed E-state index contributed by atoms with van der Waals surface area (Å²) in [4.78, 5) is 16.1. The summed E-state index contributed by atoms with van der Waals surface area (Å²) in [7, 11) is 1.62. The van der Waals surface area contributed by atoms with E-state index in [4.69, 9.17) is 10.00 Å². The van der Waals surface area contributed by atoms with Gasteiger partial charge in [-0.2, -0.15) is 5.26 Å². The Kier molecular flexibility index (Phi) is 6.09. The van der Waals surface area contributed by atoms with E-state index >= 15 is 0 Å². The minimum absolute atomic E-state index is 0.226. The van der Waals surface area contributed by atoms with Gasteiger partial charge in [0.25, 0.3) is 5.91 Å². The molecule has 0 radical (unpaired) electrons. The summed E-state index contributed by atoms with van der Waals surface area (Å²) in [5, 5.41) is 14.9. The van der Waals surface area contributed by atoms with Crippen LogP contribution in [0.25, 0.3) is 0 Å². The van der Waals surface area contributed by atoms with Crippen molar-refractivity contribution in [3.05, 3.63) is 53.9 Å². The molecule has 6 heteroatoms. The van der Waals surface area contributed by atoms with E-state index in [9.17, 15) is 4.79 Å². The zero-order chi connectivity index (χ0) is 16.5. The van der Waals surface area contributed by atoms with E-state index in [1.165, 1.54) is 0 Å². The number of nitrogens with one attached hydrogen (secondary N) is 2. The van der Waals surface area contributed by atoms with Gasteiger partial charge in [-0.1, -0.05) is 6.07 Å². The maximum atomic E-state index is 12.0. The van der Waals surface area contributed by atoms with E-state index in [0.29, 0.717) is 24.4 Å². The van der Waals surface area contributed by atoms with Crippen LogP contribution in [0.15, 0.2) is 42.6 Å². The molecule has 0 saturated carbocycles. The van der Waals surface area contributed by atoms with Crippen molar-refractivity contribution in [1.29, 1.82) is 5.26 Å². The number of benzene rings is 1. The molecule has 0 unspecified atom stereocenters. The number of rotatable bonds is 7. The molecule has 0 aliphatic carbocycles. The number of carbonyl (C=O) groups is 1. The van der Waals surface area contributed by atoms with E-state index in [1.807, 2.05) is 6.07 Å². The number of hydrogen-bond acceptors (Lipinski definition) is 5. The van der Waals surface area contributed by atoms with Crippen LogP contribution in [-0.4, -0.2) is 31.2 Å². The molecule has 2 N–H and O–H groups in total. The summed E-state index contributed by atoms with van der Waals surface area (Å²) in [6, 6.07) is 12.6. The second-order valence-electron chi connectivity index (χ2n) is 4.85. The maximum Gasteiger partial charge on any atom is 0.269 e. The summed E-state index contributed by atoms with van der Waals surface area (Å²) in [5.41, 5.74) is 2.42. The molecule has 0 spiro atoms. The number of nitrogens with zero attached hydrogens (tertiary/aromatic N) is 2. The molecular formula is C17H18N4O2. The lowest BCUT2D eigenvalue weighted by Crippen LogP contribution is -2.26. The first-order chi connectivity index (χ1) is 11.2.